The maximum atomic E-state index is 13.4. The number of para-hydroxylation sites is 1. The fourth-order valence-corrected chi connectivity index (χ4v) is 2.22. The van der Waals surface area contributed by atoms with E-state index in [1.807, 2.05) is 0 Å². The molecule has 3 rings (SSSR count). The number of benzene rings is 2. The Kier molecular flexibility index (Phi) is 4.60. The second kappa shape index (κ2) is 6.99. The predicted octanol–water partition coefficient (Wildman–Crippen LogP) is 2.20. The van der Waals surface area contributed by atoms with E-state index in [-0.39, 0.29) is 25.4 Å². The molecule has 6 nitrogen and oxygen atoms in total. The van der Waals surface area contributed by atoms with Crippen LogP contribution in [0.3, 0.4) is 0 Å². The van der Waals surface area contributed by atoms with E-state index >= 15 is 0 Å². The third-order valence-electron chi connectivity index (χ3n) is 3.40. The van der Waals surface area contributed by atoms with Crippen LogP contribution in [-0.4, -0.2) is 18.6 Å². The van der Waals surface area contributed by atoms with E-state index in [1.54, 1.807) is 24.3 Å². The summed E-state index contributed by atoms with van der Waals surface area (Å²) in [5.41, 5.74) is 0.869. The molecule has 0 saturated heterocycles. The predicted molar refractivity (Wildman–Crippen MR) is 84.1 cm³/mol. The van der Waals surface area contributed by atoms with E-state index in [0.29, 0.717) is 11.5 Å². The van der Waals surface area contributed by atoms with Gasteiger partial charge in [0, 0.05) is 6.54 Å². The summed E-state index contributed by atoms with van der Waals surface area (Å²) in [4.78, 5) is 23.6. The van der Waals surface area contributed by atoms with E-state index in [2.05, 4.69) is 10.6 Å². The third kappa shape index (κ3) is 3.81. The minimum absolute atomic E-state index is 0.0473. The Hall–Kier alpha value is -3.09. The SMILES string of the molecule is O=C(CC(=O)Nc1ccccc1F)NCc1ccc2c(c1)OCO2. The Morgan fingerprint density at radius 3 is 2.67 bits per heavy atom. The number of carbonyl (C=O) groups is 2. The van der Waals surface area contributed by atoms with Crippen molar-refractivity contribution in [2.75, 3.05) is 12.1 Å². The molecule has 2 aromatic rings. The van der Waals surface area contributed by atoms with Gasteiger partial charge < -0.3 is 20.1 Å². The molecule has 0 aromatic heterocycles. The minimum atomic E-state index is -0.580. The number of hydrogen-bond donors (Lipinski definition) is 2. The van der Waals surface area contributed by atoms with Gasteiger partial charge in [-0.1, -0.05) is 18.2 Å². The Morgan fingerprint density at radius 1 is 1.04 bits per heavy atom. The number of anilines is 1. The van der Waals surface area contributed by atoms with Gasteiger partial charge in [0.2, 0.25) is 18.6 Å². The van der Waals surface area contributed by atoms with E-state index in [9.17, 15) is 14.0 Å². The summed E-state index contributed by atoms with van der Waals surface area (Å²) in [6.45, 7) is 0.434. The highest BCUT2D eigenvalue weighted by molar-refractivity contribution is 6.03. The molecule has 24 heavy (non-hydrogen) atoms. The van der Waals surface area contributed by atoms with Gasteiger partial charge in [0.25, 0.3) is 0 Å². The molecule has 2 amide bonds. The molecule has 0 saturated carbocycles. The zero-order valence-corrected chi connectivity index (χ0v) is 12.7. The second-order valence-corrected chi connectivity index (χ2v) is 5.17. The van der Waals surface area contributed by atoms with Crippen molar-refractivity contribution in [2.45, 2.75) is 13.0 Å². The lowest BCUT2D eigenvalue weighted by Crippen LogP contribution is -2.27. The lowest BCUT2D eigenvalue weighted by Gasteiger charge is -2.08. The average Bonchev–Trinajstić information content (AvgIpc) is 3.02. The van der Waals surface area contributed by atoms with E-state index in [1.165, 1.54) is 18.2 Å². The maximum Gasteiger partial charge on any atom is 0.233 e. The fraction of sp³-hybridized carbons (Fsp3) is 0.176. The number of fused-ring (bicyclic) bond motifs is 1. The highest BCUT2D eigenvalue weighted by atomic mass is 19.1. The summed E-state index contributed by atoms with van der Waals surface area (Å²) in [5, 5.41) is 4.99. The summed E-state index contributed by atoms with van der Waals surface area (Å²) >= 11 is 0. The van der Waals surface area contributed by atoms with Crippen LogP contribution in [0.2, 0.25) is 0 Å². The number of carbonyl (C=O) groups excluding carboxylic acids is 2. The standard InChI is InChI=1S/C17H15FN2O4/c18-12-3-1-2-4-13(12)20-17(22)8-16(21)19-9-11-5-6-14-15(7-11)24-10-23-14/h1-7H,8-10H2,(H,19,21)(H,20,22). The van der Waals surface area contributed by atoms with E-state index in [0.717, 1.165) is 5.56 Å². The summed E-state index contributed by atoms with van der Waals surface area (Å²) < 4.78 is 23.9. The first-order valence-electron chi connectivity index (χ1n) is 7.31. The van der Waals surface area contributed by atoms with Gasteiger partial charge in [0.1, 0.15) is 12.2 Å². The molecule has 1 aliphatic heterocycles. The highest BCUT2D eigenvalue weighted by Gasteiger charge is 2.14. The van der Waals surface area contributed by atoms with Crippen molar-refractivity contribution in [1.29, 1.82) is 0 Å². The number of ether oxygens (including phenoxy) is 2. The van der Waals surface area contributed by atoms with Crippen LogP contribution in [0.25, 0.3) is 0 Å². The van der Waals surface area contributed by atoms with Crippen molar-refractivity contribution in [2.24, 2.45) is 0 Å². The van der Waals surface area contributed by atoms with Gasteiger partial charge in [-0.2, -0.15) is 0 Å². The van der Waals surface area contributed by atoms with Gasteiger partial charge in [-0.15, -0.1) is 0 Å². The first-order valence-corrected chi connectivity index (χ1v) is 7.31. The number of amides is 2. The molecular weight excluding hydrogens is 315 g/mol. The van der Waals surface area contributed by atoms with Gasteiger partial charge >= 0.3 is 0 Å². The first kappa shape index (κ1) is 15.8. The molecule has 0 fully saturated rings. The van der Waals surface area contributed by atoms with Crippen LogP contribution >= 0.6 is 0 Å². The molecule has 7 heteroatoms. The van der Waals surface area contributed by atoms with Crippen LogP contribution in [-0.2, 0) is 16.1 Å². The quantitative estimate of drug-likeness (QED) is 0.824. The molecule has 1 aliphatic rings. The molecule has 0 unspecified atom stereocenters. The first-order chi connectivity index (χ1) is 11.6. The number of halogens is 1. The number of nitrogens with one attached hydrogen (secondary N) is 2. The summed E-state index contributed by atoms with van der Waals surface area (Å²) in [5.74, 6) is -0.301. The Morgan fingerprint density at radius 2 is 1.83 bits per heavy atom. The van der Waals surface area contributed by atoms with Crippen LogP contribution in [0.4, 0.5) is 10.1 Å². The molecule has 2 aromatic carbocycles. The lowest BCUT2D eigenvalue weighted by atomic mass is 10.2. The van der Waals surface area contributed by atoms with Crippen LogP contribution in [0.1, 0.15) is 12.0 Å². The molecule has 0 spiro atoms. The Bertz CT molecular complexity index is 779. The number of rotatable bonds is 5. The van der Waals surface area contributed by atoms with E-state index in [4.69, 9.17) is 9.47 Å². The topological polar surface area (TPSA) is 76.7 Å². The average molecular weight is 330 g/mol. The molecule has 0 aliphatic carbocycles. The van der Waals surface area contributed by atoms with Crippen molar-refractivity contribution < 1.29 is 23.5 Å². The smallest absolute Gasteiger partial charge is 0.233 e. The van der Waals surface area contributed by atoms with Crippen LogP contribution in [0, 0.1) is 5.82 Å². The minimum Gasteiger partial charge on any atom is -0.454 e. The maximum absolute atomic E-state index is 13.4. The van der Waals surface area contributed by atoms with Crippen molar-refractivity contribution in [3.63, 3.8) is 0 Å². The van der Waals surface area contributed by atoms with Crippen molar-refractivity contribution >= 4 is 17.5 Å². The molecule has 0 atom stereocenters. The van der Waals surface area contributed by atoms with Gasteiger partial charge in [0.05, 0.1) is 5.69 Å². The fourth-order valence-electron chi connectivity index (χ4n) is 2.22. The van der Waals surface area contributed by atoms with Crippen molar-refractivity contribution in [3.05, 3.63) is 53.8 Å². The normalized spacial score (nSPS) is 11.9. The van der Waals surface area contributed by atoms with E-state index < -0.39 is 17.6 Å². The lowest BCUT2D eigenvalue weighted by molar-refractivity contribution is -0.126. The molecular formula is C17H15FN2O4. The van der Waals surface area contributed by atoms with Crippen molar-refractivity contribution in [1.82, 2.24) is 5.32 Å². The van der Waals surface area contributed by atoms with Crippen LogP contribution in [0.5, 0.6) is 11.5 Å². The molecule has 0 radical (unpaired) electrons. The molecule has 2 N–H and O–H groups in total. The van der Waals surface area contributed by atoms with Gasteiger partial charge in [0.15, 0.2) is 11.5 Å². The van der Waals surface area contributed by atoms with Gasteiger partial charge in [-0.3, -0.25) is 9.59 Å². The molecule has 1 heterocycles. The third-order valence-corrected chi connectivity index (χ3v) is 3.40. The zero-order valence-electron chi connectivity index (χ0n) is 12.7. The highest BCUT2D eigenvalue weighted by Crippen LogP contribution is 2.32. The Balaban J connectivity index is 1.49. The van der Waals surface area contributed by atoms with Crippen molar-refractivity contribution in [3.8, 4) is 11.5 Å². The molecule has 0 bridgehead atoms. The number of hydrogen-bond acceptors (Lipinski definition) is 4. The van der Waals surface area contributed by atoms with Crippen LogP contribution < -0.4 is 20.1 Å². The van der Waals surface area contributed by atoms with Crippen LogP contribution in [0.15, 0.2) is 42.5 Å². The second-order valence-electron chi connectivity index (χ2n) is 5.17. The monoisotopic (exact) mass is 330 g/mol. The molecule has 124 valence electrons. The van der Waals surface area contributed by atoms with Gasteiger partial charge in [-0.25, -0.2) is 4.39 Å². The summed E-state index contributed by atoms with van der Waals surface area (Å²) in [6, 6.07) is 11.1. The Labute approximate surface area is 137 Å². The summed E-state index contributed by atoms with van der Waals surface area (Å²) in [6.07, 6.45) is -0.390. The van der Waals surface area contributed by atoms with Gasteiger partial charge in [-0.05, 0) is 29.8 Å². The summed E-state index contributed by atoms with van der Waals surface area (Å²) in [7, 11) is 0. The zero-order chi connectivity index (χ0) is 16.9. The largest absolute Gasteiger partial charge is 0.454 e.